The minimum atomic E-state index is -0.0725. The summed E-state index contributed by atoms with van der Waals surface area (Å²) in [4.78, 5) is 13.6. The second-order valence-electron chi connectivity index (χ2n) is 4.55. The lowest BCUT2D eigenvalue weighted by Crippen LogP contribution is -2.41. The van der Waals surface area contributed by atoms with Crippen molar-refractivity contribution < 1.29 is 4.79 Å². The molecule has 1 saturated heterocycles. The summed E-state index contributed by atoms with van der Waals surface area (Å²) in [7, 11) is 0. The Morgan fingerprint density at radius 1 is 1.64 bits per heavy atom. The normalized spacial score (nSPS) is 30.3. The molecule has 0 radical (unpaired) electrons. The first kappa shape index (κ1) is 11.5. The molecule has 1 rings (SSSR count). The van der Waals surface area contributed by atoms with Gasteiger partial charge >= 0.3 is 0 Å². The lowest BCUT2D eigenvalue weighted by molar-refractivity contribution is -0.125. The fourth-order valence-corrected chi connectivity index (χ4v) is 2.22. The van der Waals surface area contributed by atoms with Crippen molar-refractivity contribution in [2.24, 2.45) is 17.7 Å². The van der Waals surface area contributed by atoms with E-state index in [4.69, 9.17) is 5.84 Å². The van der Waals surface area contributed by atoms with Crippen molar-refractivity contribution in [1.82, 2.24) is 10.3 Å². The van der Waals surface area contributed by atoms with Gasteiger partial charge in [0, 0.05) is 25.0 Å². The minimum Gasteiger partial charge on any atom is -0.300 e. The summed E-state index contributed by atoms with van der Waals surface area (Å²) >= 11 is 0. The van der Waals surface area contributed by atoms with Gasteiger partial charge in [-0.2, -0.15) is 0 Å². The van der Waals surface area contributed by atoms with Gasteiger partial charge in [-0.15, -0.1) is 0 Å². The standard InChI is InChI=1S/C10H21N3O/c1-7-4-9(3)13(5-7)6-8(2)10(14)12-11/h7-9H,4-6,11H2,1-3H3,(H,12,14). The summed E-state index contributed by atoms with van der Waals surface area (Å²) in [5.74, 6) is 5.75. The predicted octanol–water partition coefficient (Wildman–Crippen LogP) is 0.343. The molecule has 1 fully saturated rings. The molecule has 0 aliphatic carbocycles. The predicted molar refractivity (Wildman–Crippen MR) is 56.3 cm³/mol. The first-order valence-electron chi connectivity index (χ1n) is 5.29. The molecule has 1 aliphatic rings. The fourth-order valence-electron chi connectivity index (χ4n) is 2.22. The molecule has 0 aromatic rings. The number of rotatable bonds is 3. The molecule has 0 bridgehead atoms. The summed E-state index contributed by atoms with van der Waals surface area (Å²) in [5.41, 5.74) is 2.20. The first-order chi connectivity index (χ1) is 6.54. The highest BCUT2D eigenvalue weighted by Crippen LogP contribution is 2.22. The van der Waals surface area contributed by atoms with Gasteiger partial charge in [-0.3, -0.25) is 15.1 Å². The van der Waals surface area contributed by atoms with Gasteiger partial charge in [0.1, 0.15) is 0 Å². The number of hydrogen-bond donors (Lipinski definition) is 2. The van der Waals surface area contributed by atoms with Crippen molar-refractivity contribution in [3.63, 3.8) is 0 Å². The van der Waals surface area contributed by atoms with Crippen LogP contribution in [0, 0.1) is 11.8 Å². The van der Waals surface area contributed by atoms with Crippen molar-refractivity contribution in [2.45, 2.75) is 33.2 Å². The molecule has 0 spiro atoms. The molecule has 82 valence electrons. The van der Waals surface area contributed by atoms with E-state index in [1.54, 1.807) is 0 Å². The van der Waals surface area contributed by atoms with Crippen LogP contribution in [0.1, 0.15) is 27.2 Å². The SMILES string of the molecule is CC1CC(C)N(CC(C)C(=O)NN)C1. The average Bonchev–Trinajstić information content (AvgIpc) is 2.44. The number of carbonyl (C=O) groups is 1. The lowest BCUT2D eigenvalue weighted by Gasteiger charge is -2.23. The number of hydrazine groups is 1. The molecule has 0 aromatic carbocycles. The highest BCUT2D eigenvalue weighted by Gasteiger charge is 2.28. The highest BCUT2D eigenvalue weighted by molar-refractivity contribution is 5.77. The van der Waals surface area contributed by atoms with E-state index in [9.17, 15) is 4.79 Å². The van der Waals surface area contributed by atoms with Crippen molar-refractivity contribution >= 4 is 5.91 Å². The zero-order chi connectivity index (χ0) is 10.7. The molecule has 3 N–H and O–H groups in total. The Labute approximate surface area is 85.8 Å². The molecule has 0 saturated carbocycles. The molecule has 0 aromatic heterocycles. The van der Waals surface area contributed by atoms with Crippen LogP contribution in [0.2, 0.25) is 0 Å². The summed E-state index contributed by atoms with van der Waals surface area (Å²) in [5, 5.41) is 0. The van der Waals surface area contributed by atoms with Crippen molar-refractivity contribution in [2.75, 3.05) is 13.1 Å². The Hall–Kier alpha value is -0.610. The maximum atomic E-state index is 11.2. The van der Waals surface area contributed by atoms with E-state index in [1.165, 1.54) is 6.42 Å². The van der Waals surface area contributed by atoms with Gasteiger partial charge in [0.05, 0.1) is 0 Å². The fraction of sp³-hybridized carbons (Fsp3) is 0.900. The number of hydrogen-bond acceptors (Lipinski definition) is 3. The van der Waals surface area contributed by atoms with Crippen molar-refractivity contribution in [3.05, 3.63) is 0 Å². The topological polar surface area (TPSA) is 58.4 Å². The van der Waals surface area contributed by atoms with E-state index in [1.807, 2.05) is 6.92 Å². The van der Waals surface area contributed by atoms with E-state index in [0.717, 1.165) is 19.0 Å². The van der Waals surface area contributed by atoms with Crippen LogP contribution in [-0.2, 0) is 4.79 Å². The van der Waals surface area contributed by atoms with E-state index >= 15 is 0 Å². The minimum absolute atomic E-state index is 0.0206. The number of nitrogens with two attached hydrogens (primary N) is 1. The smallest absolute Gasteiger partial charge is 0.237 e. The van der Waals surface area contributed by atoms with Gasteiger partial charge in [-0.05, 0) is 19.3 Å². The van der Waals surface area contributed by atoms with E-state index < -0.39 is 0 Å². The Morgan fingerprint density at radius 3 is 2.71 bits per heavy atom. The molecule has 1 aliphatic heterocycles. The van der Waals surface area contributed by atoms with Crippen LogP contribution in [0.3, 0.4) is 0 Å². The van der Waals surface area contributed by atoms with E-state index in [2.05, 4.69) is 24.2 Å². The molecule has 1 amide bonds. The highest BCUT2D eigenvalue weighted by atomic mass is 16.2. The number of nitrogens with one attached hydrogen (secondary N) is 1. The molecular weight excluding hydrogens is 178 g/mol. The third-order valence-electron chi connectivity index (χ3n) is 3.01. The molecular formula is C10H21N3O. The van der Waals surface area contributed by atoms with Gasteiger partial charge < -0.3 is 0 Å². The molecule has 14 heavy (non-hydrogen) atoms. The quantitative estimate of drug-likeness (QED) is 0.391. The number of likely N-dealkylation sites (tertiary alicyclic amines) is 1. The third kappa shape index (κ3) is 2.69. The first-order valence-corrected chi connectivity index (χ1v) is 5.29. The summed E-state index contributed by atoms with van der Waals surface area (Å²) in [6, 6.07) is 0.595. The van der Waals surface area contributed by atoms with Gasteiger partial charge in [0.15, 0.2) is 0 Å². The summed E-state index contributed by atoms with van der Waals surface area (Å²) < 4.78 is 0. The van der Waals surface area contributed by atoms with Gasteiger partial charge in [-0.1, -0.05) is 13.8 Å². The molecule has 1 heterocycles. The Bertz CT molecular complexity index is 208. The van der Waals surface area contributed by atoms with Crippen LogP contribution < -0.4 is 11.3 Å². The van der Waals surface area contributed by atoms with Crippen LogP contribution >= 0.6 is 0 Å². The maximum Gasteiger partial charge on any atom is 0.237 e. The molecule has 4 nitrogen and oxygen atoms in total. The number of amides is 1. The van der Waals surface area contributed by atoms with Crippen LogP contribution in [0.15, 0.2) is 0 Å². The zero-order valence-corrected chi connectivity index (χ0v) is 9.29. The summed E-state index contributed by atoms with van der Waals surface area (Å²) in [6.07, 6.45) is 1.23. The second-order valence-corrected chi connectivity index (χ2v) is 4.55. The maximum absolute atomic E-state index is 11.2. The largest absolute Gasteiger partial charge is 0.300 e. The molecule has 3 atom stereocenters. The van der Waals surface area contributed by atoms with Crippen LogP contribution in [-0.4, -0.2) is 29.9 Å². The van der Waals surface area contributed by atoms with E-state index in [-0.39, 0.29) is 11.8 Å². The third-order valence-corrected chi connectivity index (χ3v) is 3.01. The van der Waals surface area contributed by atoms with Crippen LogP contribution in [0.4, 0.5) is 0 Å². The Kier molecular flexibility index (Phi) is 3.89. The number of nitrogens with zero attached hydrogens (tertiary/aromatic N) is 1. The molecule has 4 heteroatoms. The van der Waals surface area contributed by atoms with Crippen LogP contribution in [0.25, 0.3) is 0 Å². The van der Waals surface area contributed by atoms with Gasteiger partial charge in [-0.25, -0.2) is 5.84 Å². The monoisotopic (exact) mass is 199 g/mol. The lowest BCUT2D eigenvalue weighted by atomic mass is 10.1. The van der Waals surface area contributed by atoms with E-state index in [0.29, 0.717) is 6.04 Å². The average molecular weight is 199 g/mol. The second kappa shape index (κ2) is 4.75. The molecule has 3 unspecified atom stereocenters. The van der Waals surface area contributed by atoms with Gasteiger partial charge in [0.2, 0.25) is 5.91 Å². The van der Waals surface area contributed by atoms with Crippen LogP contribution in [0.5, 0.6) is 0 Å². The van der Waals surface area contributed by atoms with Crippen molar-refractivity contribution in [1.29, 1.82) is 0 Å². The Balaban J connectivity index is 2.40. The van der Waals surface area contributed by atoms with Gasteiger partial charge in [0.25, 0.3) is 0 Å². The Morgan fingerprint density at radius 2 is 2.29 bits per heavy atom. The summed E-state index contributed by atoms with van der Waals surface area (Å²) in [6.45, 7) is 8.30. The number of carbonyl (C=O) groups excluding carboxylic acids is 1. The zero-order valence-electron chi connectivity index (χ0n) is 9.29. The van der Waals surface area contributed by atoms with Crippen molar-refractivity contribution in [3.8, 4) is 0 Å².